The maximum Gasteiger partial charge on any atom is 0.345 e. The molecule has 3 aromatic rings. The minimum Gasteiger partial charge on any atom is -0.383 e. The van der Waals surface area contributed by atoms with E-state index in [1.807, 2.05) is 31.2 Å². The number of anilines is 1. The van der Waals surface area contributed by atoms with Crippen molar-refractivity contribution in [2.24, 2.45) is 0 Å². The molecule has 1 aromatic heterocycles. The van der Waals surface area contributed by atoms with Gasteiger partial charge in [-0.25, -0.2) is 13.4 Å². The van der Waals surface area contributed by atoms with E-state index in [-0.39, 0.29) is 22.9 Å². The van der Waals surface area contributed by atoms with Gasteiger partial charge in [-0.1, -0.05) is 42.0 Å². The fourth-order valence-electron chi connectivity index (χ4n) is 3.16. The van der Waals surface area contributed by atoms with Gasteiger partial charge in [0.15, 0.2) is 21.1 Å². The quantitative estimate of drug-likeness (QED) is 0.349. The number of Topliss-reactive ketones (excluding diaryl/α,β-unsaturated/α-hetero) is 1. The Morgan fingerprint density at radius 2 is 1.61 bits per heavy atom. The molecule has 8 nitrogen and oxygen atoms in total. The lowest BCUT2D eigenvalue weighted by atomic mass is 9.99. The van der Waals surface area contributed by atoms with Gasteiger partial charge in [-0.05, 0) is 36.2 Å². The number of aryl methyl sites for hydroxylation is 1. The van der Waals surface area contributed by atoms with Crippen LogP contribution in [0.1, 0.15) is 21.5 Å². The number of nitrogens with two attached hydrogens (primary N) is 1. The normalized spacial score (nSPS) is 12.0. The first-order chi connectivity index (χ1) is 15.6. The third-order valence-electron chi connectivity index (χ3n) is 5.14. The first-order valence-electron chi connectivity index (χ1n) is 9.95. The molecule has 0 saturated carbocycles. The minimum atomic E-state index is -3.91. The molecule has 2 N–H and O–H groups in total. The average molecular weight is 489 g/mol. The molecule has 0 fully saturated rings. The lowest BCUT2D eigenvalue weighted by Crippen LogP contribution is -2.11. The topological polar surface area (TPSA) is 126 Å². The highest BCUT2D eigenvalue weighted by Gasteiger charge is 2.31. The van der Waals surface area contributed by atoms with Crippen LogP contribution in [0.15, 0.2) is 65.7 Å². The van der Waals surface area contributed by atoms with Crippen molar-refractivity contribution in [1.29, 1.82) is 0 Å². The lowest BCUT2D eigenvalue weighted by Gasteiger charge is -2.14. The van der Waals surface area contributed by atoms with Crippen LogP contribution in [0.5, 0.6) is 0 Å². The van der Waals surface area contributed by atoms with Crippen LogP contribution in [0.4, 0.5) is 5.82 Å². The van der Waals surface area contributed by atoms with E-state index in [0.29, 0.717) is 11.1 Å². The third-order valence-corrected chi connectivity index (χ3v) is 9.86. The Labute approximate surface area is 193 Å². The van der Waals surface area contributed by atoms with Crippen LogP contribution in [0.2, 0.25) is 0 Å². The number of nitrogen functional groups attached to an aromatic ring is 1. The first-order valence-corrected chi connectivity index (χ1v) is 13.3. The summed E-state index contributed by atoms with van der Waals surface area (Å²) in [7, 11) is -5.40. The number of carbonyl (C=O) groups excluding carboxylic acids is 1. The van der Waals surface area contributed by atoms with Crippen molar-refractivity contribution in [3.8, 4) is 11.1 Å². The van der Waals surface area contributed by atoms with Gasteiger partial charge in [0.2, 0.25) is 0 Å². The second kappa shape index (κ2) is 9.97. The van der Waals surface area contributed by atoms with E-state index < -0.39 is 22.9 Å². The molecule has 0 aliphatic rings. The van der Waals surface area contributed by atoms with Crippen molar-refractivity contribution in [3.05, 3.63) is 77.5 Å². The number of sulfone groups is 1. The summed E-state index contributed by atoms with van der Waals surface area (Å²) in [6, 6.07) is 15.3. The van der Waals surface area contributed by atoms with E-state index in [1.165, 1.54) is 24.3 Å². The molecule has 0 radical (unpaired) electrons. The summed E-state index contributed by atoms with van der Waals surface area (Å²) in [5, 5.41) is 0. The van der Waals surface area contributed by atoms with Crippen LogP contribution in [-0.4, -0.2) is 38.9 Å². The summed E-state index contributed by atoms with van der Waals surface area (Å²) in [6.45, 7) is 1.99. The Kier molecular flexibility index (Phi) is 7.49. The van der Waals surface area contributed by atoms with Gasteiger partial charge in [-0.15, -0.1) is 0 Å². The zero-order valence-electron chi connectivity index (χ0n) is 18.5. The second-order valence-electron chi connectivity index (χ2n) is 7.49. The largest absolute Gasteiger partial charge is 0.383 e. The Hall–Kier alpha value is -2.84. The van der Waals surface area contributed by atoms with Crippen molar-refractivity contribution in [1.82, 2.24) is 4.98 Å². The summed E-state index contributed by atoms with van der Waals surface area (Å²) < 4.78 is 46.7. The van der Waals surface area contributed by atoms with E-state index in [4.69, 9.17) is 14.8 Å². The summed E-state index contributed by atoms with van der Waals surface area (Å²) >= 11 is 0. The summed E-state index contributed by atoms with van der Waals surface area (Å²) in [5.74, 6) is -0.113. The average Bonchev–Trinajstić information content (AvgIpc) is 2.80. The molecule has 0 aliphatic heterocycles. The van der Waals surface area contributed by atoms with E-state index in [1.54, 1.807) is 12.3 Å². The highest BCUT2D eigenvalue weighted by Crippen LogP contribution is 2.48. The lowest BCUT2D eigenvalue weighted by molar-refractivity contribution is 0.0993. The van der Waals surface area contributed by atoms with Gasteiger partial charge < -0.3 is 14.8 Å². The van der Waals surface area contributed by atoms with E-state index in [2.05, 4.69) is 4.98 Å². The maximum absolute atomic E-state index is 12.9. The highest BCUT2D eigenvalue weighted by atomic mass is 32.2. The first kappa shape index (κ1) is 24.8. The number of hydrogen-bond acceptors (Lipinski definition) is 8. The molecule has 0 aliphatic carbocycles. The smallest absolute Gasteiger partial charge is 0.345 e. The van der Waals surface area contributed by atoms with Gasteiger partial charge in [0.05, 0.1) is 10.5 Å². The fourth-order valence-corrected chi connectivity index (χ4v) is 6.97. The monoisotopic (exact) mass is 488 g/mol. The van der Waals surface area contributed by atoms with Crippen molar-refractivity contribution in [2.75, 3.05) is 25.4 Å². The Balaban J connectivity index is 1.79. The number of hydrogen-bond donors (Lipinski definition) is 1. The molecule has 174 valence electrons. The number of carbonyl (C=O) groups is 1. The molecule has 10 heteroatoms. The van der Waals surface area contributed by atoms with E-state index in [0.717, 1.165) is 30.9 Å². The molecular formula is C23H25N2O6PS. The number of pyridine rings is 1. The molecule has 3 rings (SSSR count). The SMILES string of the molecule is COP(=O)(CS(=O)(=O)c1ccc(CC(=O)c2cc(-c3ccc(C)cc3)cnc2N)cc1)OC. The van der Waals surface area contributed by atoms with E-state index >= 15 is 0 Å². The second-order valence-corrected chi connectivity index (χ2v) is 12.2. The van der Waals surface area contributed by atoms with Gasteiger partial charge in [0.25, 0.3) is 0 Å². The third kappa shape index (κ3) is 5.94. The Morgan fingerprint density at radius 3 is 2.18 bits per heavy atom. The van der Waals surface area contributed by atoms with Crippen molar-refractivity contribution in [2.45, 2.75) is 18.2 Å². The molecular weight excluding hydrogens is 463 g/mol. The number of nitrogens with zero attached hydrogens (tertiary/aromatic N) is 1. The predicted molar refractivity (Wildman–Crippen MR) is 127 cm³/mol. The van der Waals surface area contributed by atoms with Crippen molar-refractivity contribution in [3.63, 3.8) is 0 Å². The molecule has 2 aromatic carbocycles. The number of ketones is 1. The molecule has 0 unspecified atom stereocenters. The Morgan fingerprint density at radius 1 is 1.00 bits per heavy atom. The van der Waals surface area contributed by atoms with Gasteiger partial charge in [0.1, 0.15) is 5.82 Å². The van der Waals surface area contributed by atoms with Crippen LogP contribution in [0.3, 0.4) is 0 Å². The fraction of sp³-hybridized carbons (Fsp3) is 0.217. The predicted octanol–water partition coefficient (Wildman–Crippen LogP) is 4.28. The van der Waals surface area contributed by atoms with Gasteiger partial charge in [-0.3, -0.25) is 9.36 Å². The minimum absolute atomic E-state index is 0.0121. The number of rotatable bonds is 9. The van der Waals surface area contributed by atoms with Crippen LogP contribution in [-0.2, 0) is 29.9 Å². The molecule has 1 heterocycles. The van der Waals surface area contributed by atoms with Crippen LogP contribution >= 0.6 is 7.60 Å². The van der Waals surface area contributed by atoms with Crippen LogP contribution in [0.25, 0.3) is 11.1 Å². The maximum atomic E-state index is 12.9. The highest BCUT2D eigenvalue weighted by molar-refractivity contribution is 7.97. The molecule has 0 atom stereocenters. The molecule has 33 heavy (non-hydrogen) atoms. The van der Waals surface area contributed by atoms with Gasteiger partial charge >= 0.3 is 7.60 Å². The summed E-state index contributed by atoms with van der Waals surface area (Å²) in [4.78, 5) is 17.0. The summed E-state index contributed by atoms with van der Waals surface area (Å²) in [5.41, 5.74) is 8.88. The van der Waals surface area contributed by atoms with Crippen LogP contribution in [0, 0.1) is 6.92 Å². The molecule has 0 bridgehead atoms. The summed E-state index contributed by atoms with van der Waals surface area (Å²) in [6.07, 6.45) is 1.63. The zero-order valence-corrected chi connectivity index (χ0v) is 20.2. The molecule has 0 spiro atoms. The number of aromatic nitrogens is 1. The number of benzene rings is 2. The van der Waals surface area contributed by atoms with E-state index in [9.17, 15) is 17.8 Å². The zero-order chi connectivity index (χ0) is 24.2. The Bertz CT molecular complexity index is 1300. The molecule has 0 saturated heterocycles. The van der Waals surface area contributed by atoms with Gasteiger partial charge in [-0.2, -0.15) is 0 Å². The van der Waals surface area contributed by atoms with Crippen molar-refractivity contribution < 1.29 is 26.8 Å². The van der Waals surface area contributed by atoms with Gasteiger partial charge in [0, 0.05) is 32.4 Å². The van der Waals surface area contributed by atoms with Crippen molar-refractivity contribution >= 4 is 29.0 Å². The standard InChI is InChI=1S/C23H25N2O6PS/c1-16-4-8-18(9-5-16)19-13-21(23(24)25-14-19)22(26)12-17-6-10-20(11-7-17)33(28,29)15-32(27,30-2)31-3/h4-11,13-14H,12,15H2,1-3H3,(H2,24,25). The molecule has 0 amide bonds. The van der Waals surface area contributed by atoms with Crippen LogP contribution < -0.4 is 5.73 Å².